The lowest BCUT2D eigenvalue weighted by molar-refractivity contribution is -0.121. The van der Waals surface area contributed by atoms with E-state index in [4.69, 9.17) is 5.73 Å². The number of nitrogens with zero attached hydrogens (tertiary/aromatic N) is 2. The van der Waals surface area contributed by atoms with Gasteiger partial charge in [-0.05, 0) is 12.8 Å². The first-order valence-electron chi connectivity index (χ1n) is 6.01. The number of nitrogens with two attached hydrogens (primary N) is 1. The average Bonchev–Trinajstić information content (AvgIpc) is 2.60. The van der Waals surface area contributed by atoms with Crippen molar-refractivity contribution in [1.29, 1.82) is 0 Å². The summed E-state index contributed by atoms with van der Waals surface area (Å²) in [6.07, 6.45) is 4.05. The number of carbonyl (C=O) groups excluding carboxylic acids is 1. The van der Waals surface area contributed by atoms with Crippen molar-refractivity contribution in [2.45, 2.75) is 46.3 Å². The van der Waals surface area contributed by atoms with E-state index in [1.807, 2.05) is 13.1 Å². The van der Waals surface area contributed by atoms with Crippen LogP contribution in [-0.2, 0) is 17.9 Å². The molecular formula is C12H22N4O. The van der Waals surface area contributed by atoms with Crippen LogP contribution in [0.25, 0.3) is 0 Å². The molecule has 1 atom stereocenters. The van der Waals surface area contributed by atoms with Gasteiger partial charge in [-0.2, -0.15) is 0 Å². The maximum atomic E-state index is 11.5. The summed E-state index contributed by atoms with van der Waals surface area (Å²) in [5.41, 5.74) is 5.56. The van der Waals surface area contributed by atoms with Gasteiger partial charge in [-0.15, -0.1) is 0 Å². The highest BCUT2D eigenvalue weighted by atomic mass is 16.1. The number of aromatic nitrogens is 2. The summed E-state index contributed by atoms with van der Waals surface area (Å²) < 4.78 is 2.07. The topological polar surface area (TPSA) is 72.9 Å². The minimum Gasteiger partial charge on any atom is -0.349 e. The van der Waals surface area contributed by atoms with Crippen molar-refractivity contribution in [1.82, 2.24) is 14.9 Å². The molecule has 1 rings (SSSR count). The van der Waals surface area contributed by atoms with Crippen LogP contribution in [0.4, 0.5) is 0 Å². The van der Waals surface area contributed by atoms with Crippen molar-refractivity contribution in [3.63, 3.8) is 0 Å². The van der Waals surface area contributed by atoms with Gasteiger partial charge in [0.05, 0.1) is 6.54 Å². The summed E-state index contributed by atoms with van der Waals surface area (Å²) in [6, 6.07) is -0.106. The summed E-state index contributed by atoms with van der Waals surface area (Å²) in [4.78, 5) is 15.7. The Hall–Kier alpha value is -1.36. The molecule has 0 fully saturated rings. The Kier molecular flexibility index (Phi) is 5.15. The van der Waals surface area contributed by atoms with Gasteiger partial charge in [0, 0.05) is 31.4 Å². The predicted octanol–water partition coefficient (Wildman–Crippen LogP) is 0.893. The van der Waals surface area contributed by atoms with Crippen LogP contribution in [-0.4, -0.2) is 21.5 Å². The SMILES string of the molecule is CC(C)Cn1ccnc1CNC(=O)CC(C)N. The molecule has 0 aliphatic heterocycles. The number of nitrogens with one attached hydrogen (secondary N) is 1. The molecule has 0 saturated heterocycles. The van der Waals surface area contributed by atoms with Crippen LogP contribution >= 0.6 is 0 Å². The van der Waals surface area contributed by atoms with Gasteiger partial charge in [0.1, 0.15) is 5.82 Å². The molecule has 1 aromatic rings. The van der Waals surface area contributed by atoms with Crippen molar-refractivity contribution in [3.05, 3.63) is 18.2 Å². The van der Waals surface area contributed by atoms with Crippen LogP contribution in [0.2, 0.25) is 0 Å². The van der Waals surface area contributed by atoms with E-state index in [0.717, 1.165) is 12.4 Å². The van der Waals surface area contributed by atoms with Crippen molar-refractivity contribution in [3.8, 4) is 0 Å². The lowest BCUT2D eigenvalue weighted by Crippen LogP contribution is -2.30. The van der Waals surface area contributed by atoms with Gasteiger partial charge in [-0.25, -0.2) is 4.98 Å². The highest BCUT2D eigenvalue weighted by Gasteiger charge is 2.08. The highest BCUT2D eigenvalue weighted by Crippen LogP contribution is 2.03. The fourth-order valence-corrected chi connectivity index (χ4v) is 1.61. The maximum absolute atomic E-state index is 11.5. The largest absolute Gasteiger partial charge is 0.349 e. The Morgan fingerprint density at radius 2 is 2.24 bits per heavy atom. The third kappa shape index (κ3) is 4.99. The fourth-order valence-electron chi connectivity index (χ4n) is 1.61. The molecule has 17 heavy (non-hydrogen) atoms. The summed E-state index contributed by atoms with van der Waals surface area (Å²) in [6.45, 7) is 7.50. The van der Waals surface area contributed by atoms with E-state index in [0.29, 0.717) is 18.9 Å². The Balaban J connectivity index is 2.46. The molecule has 0 aliphatic rings. The van der Waals surface area contributed by atoms with E-state index < -0.39 is 0 Å². The second-order valence-corrected chi connectivity index (χ2v) is 4.85. The molecule has 0 aromatic carbocycles. The second kappa shape index (κ2) is 6.39. The number of amides is 1. The minimum atomic E-state index is -0.106. The normalized spacial score (nSPS) is 12.8. The number of hydrogen-bond donors (Lipinski definition) is 2. The van der Waals surface area contributed by atoms with Gasteiger partial charge in [0.15, 0.2) is 0 Å². The fraction of sp³-hybridized carbons (Fsp3) is 0.667. The molecule has 0 spiro atoms. The number of imidazole rings is 1. The zero-order valence-electron chi connectivity index (χ0n) is 10.8. The van der Waals surface area contributed by atoms with E-state index >= 15 is 0 Å². The molecule has 0 saturated carbocycles. The molecule has 0 bridgehead atoms. The number of carbonyl (C=O) groups is 1. The molecule has 1 aromatic heterocycles. The van der Waals surface area contributed by atoms with E-state index in [9.17, 15) is 4.79 Å². The lowest BCUT2D eigenvalue weighted by Gasteiger charge is -2.11. The van der Waals surface area contributed by atoms with Gasteiger partial charge < -0.3 is 15.6 Å². The van der Waals surface area contributed by atoms with E-state index in [1.165, 1.54) is 0 Å². The average molecular weight is 238 g/mol. The third-order valence-corrected chi connectivity index (χ3v) is 2.31. The molecule has 5 heteroatoms. The first kappa shape index (κ1) is 13.7. The molecule has 3 N–H and O–H groups in total. The minimum absolute atomic E-state index is 0.0286. The van der Waals surface area contributed by atoms with Gasteiger partial charge in [-0.3, -0.25) is 4.79 Å². The Morgan fingerprint density at radius 3 is 2.82 bits per heavy atom. The van der Waals surface area contributed by atoms with Crippen LogP contribution in [0.1, 0.15) is 33.0 Å². The van der Waals surface area contributed by atoms with Gasteiger partial charge in [0.25, 0.3) is 0 Å². The highest BCUT2D eigenvalue weighted by molar-refractivity contribution is 5.76. The second-order valence-electron chi connectivity index (χ2n) is 4.85. The van der Waals surface area contributed by atoms with Crippen molar-refractivity contribution in [2.75, 3.05) is 0 Å². The van der Waals surface area contributed by atoms with Crippen molar-refractivity contribution < 1.29 is 4.79 Å². The Bertz CT molecular complexity index is 357. The maximum Gasteiger partial charge on any atom is 0.221 e. The Labute approximate surface area is 102 Å². The Morgan fingerprint density at radius 1 is 1.53 bits per heavy atom. The number of hydrogen-bond acceptors (Lipinski definition) is 3. The van der Waals surface area contributed by atoms with Gasteiger partial charge in [0.2, 0.25) is 5.91 Å². The monoisotopic (exact) mass is 238 g/mol. The van der Waals surface area contributed by atoms with E-state index in [1.54, 1.807) is 6.20 Å². The molecule has 0 radical (unpaired) electrons. The third-order valence-electron chi connectivity index (χ3n) is 2.31. The smallest absolute Gasteiger partial charge is 0.221 e. The van der Waals surface area contributed by atoms with Crippen LogP contribution < -0.4 is 11.1 Å². The van der Waals surface area contributed by atoms with Crippen molar-refractivity contribution >= 4 is 5.91 Å². The molecule has 96 valence electrons. The van der Waals surface area contributed by atoms with Crippen LogP contribution in [0.15, 0.2) is 12.4 Å². The molecule has 5 nitrogen and oxygen atoms in total. The summed E-state index contributed by atoms with van der Waals surface area (Å²) in [5, 5.41) is 2.83. The van der Waals surface area contributed by atoms with Crippen molar-refractivity contribution in [2.24, 2.45) is 11.7 Å². The predicted molar refractivity (Wildman–Crippen MR) is 67.2 cm³/mol. The summed E-state index contributed by atoms with van der Waals surface area (Å²) >= 11 is 0. The van der Waals surface area contributed by atoms with Crippen LogP contribution in [0.3, 0.4) is 0 Å². The van der Waals surface area contributed by atoms with Gasteiger partial charge >= 0.3 is 0 Å². The van der Waals surface area contributed by atoms with E-state index in [-0.39, 0.29) is 11.9 Å². The van der Waals surface area contributed by atoms with Gasteiger partial charge in [-0.1, -0.05) is 13.8 Å². The molecule has 1 amide bonds. The zero-order chi connectivity index (χ0) is 12.8. The standard InChI is InChI=1S/C12H22N4O/c1-9(2)8-16-5-4-14-11(16)7-15-12(17)6-10(3)13/h4-5,9-10H,6-8,13H2,1-3H3,(H,15,17). The molecule has 0 aliphatic carbocycles. The van der Waals surface area contributed by atoms with Crippen LogP contribution in [0.5, 0.6) is 0 Å². The summed E-state index contributed by atoms with van der Waals surface area (Å²) in [7, 11) is 0. The molecular weight excluding hydrogens is 216 g/mol. The summed E-state index contributed by atoms with van der Waals surface area (Å²) in [5.74, 6) is 1.42. The van der Waals surface area contributed by atoms with Crippen LogP contribution in [0, 0.1) is 5.92 Å². The molecule has 1 heterocycles. The first-order valence-corrected chi connectivity index (χ1v) is 6.01. The first-order chi connectivity index (χ1) is 7.99. The zero-order valence-corrected chi connectivity index (χ0v) is 10.8. The van der Waals surface area contributed by atoms with E-state index in [2.05, 4.69) is 28.7 Å². The lowest BCUT2D eigenvalue weighted by atomic mass is 10.2. The molecule has 1 unspecified atom stereocenters. The quantitative estimate of drug-likeness (QED) is 0.773. The number of rotatable bonds is 6.